The van der Waals surface area contributed by atoms with Crippen molar-refractivity contribution in [1.29, 1.82) is 0 Å². The summed E-state index contributed by atoms with van der Waals surface area (Å²) in [5.41, 5.74) is 50.0. The first-order valence-corrected chi connectivity index (χ1v) is 24.8. The second-order valence-corrected chi connectivity index (χ2v) is 18.6. The number of hydrogen-bond donors (Lipinski definition) is 0. The summed E-state index contributed by atoms with van der Waals surface area (Å²) < 4.78 is 62.3. The van der Waals surface area contributed by atoms with Crippen LogP contribution in [0, 0.1) is 5.92 Å². The fourth-order valence-corrected chi connectivity index (χ4v) is 9.93. The molecule has 0 N–H and O–H groups in total. The summed E-state index contributed by atoms with van der Waals surface area (Å²) >= 11 is 0. The largest absolute Gasteiger partial charge is 0.459 e. The van der Waals surface area contributed by atoms with Gasteiger partial charge in [0.2, 0.25) is 0 Å². The van der Waals surface area contributed by atoms with E-state index < -0.39 is 134 Å². The quantitative estimate of drug-likeness (QED) is 0.0350. The third kappa shape index (κ3) is 15.3. The normalized spacial score (nSPS) is 31.8. The lowest BCUT2D eigenvalue weighted by Gasteiger charge is -2.47. The molecule has 3 heterocycles. The van der Waals surface area contributed by atoms with Crippen LogP contribution in [0.2, 0.25) is 0 Å². The van der Waals surface area contributed by atoms with Crippen LogP contribution in [0.1, 0.15) is 78.4 Å². The summed E-state index contributed by atoms with van der Waals surface area (Å²) in [6, 6.07) is 12.8. The number of amides is 1. The van der Waals surface area contributed by atoms with Gasteiger partial charge in [-0.2, -0.15) is 0 Å². The zero-order chi connectivity index (χ0) is 55.6. The van der Waals surface area contributed by atoms with Gasteiger partial charge in [0.05, 0.1) is 55.1 Å². The van der Waals surface area contributed by atoms with Gasteiger partial charge in [0.15, 0.2) is 25.0 Å². The summed E-state index contributed by atoms with van der Waals surface area (Å²) in [6.45, 7) is 8.21. The van der Waals surface area contributed by atoms with Crippen LogP contribution in [0.15, 0.2) is 86.2 Å². The Morgan fingerprint density at radius 3 is 1.77 bits per heavy atom. The Morgan fingerprint density at radius 2 is 1.17 bits per heavy atom. The minimum Gasteiger partial charge on any atom is -0.459 e. The van der Waals surface area contributed by atoms with E-state index in [-0.39, 0.29) is 45.4 Å². The number of carbonyl (C=O) groups excluding carboxylic acids is 4. The van der Waals surface area contributed by atoms with Crippen molar-refractivity contribution in [3.63, 3.8) is 0 Å². The van der Waals surface area contributed by atoms with Gasteiger partial charge < -0.3 is 47.4 Å². The number of rotatable bonds is 22. The summed E-state index contributed by atoms with van der Waals surface area (Å²) in [7, 11) is 0. The first-order valence-electron chi connectivity index (χ1n) is 24.8. The van der Waals surface area contributed by atoms with Gasteiger partial charge in [-0.05, 0) is 71.4 Å². The van der Waals surface area contributed by atoms with E-state index >= 15 is 0 Å². The fraction of sp³-hybridized carbons (Fsp3) is 0.660. The molecule has 1 aliphatic carbocycles. The van der Waals surface area contributed by atoms with Crippen molar-refractivity contribution in [2.24, 2.45) is 31.5 Å². The van der Waals surface area contributed by atoms with Gasteiger partial charge >= 0.3 is 24.0 Å². The standard InChI is InChI=1S/C47H60N16O14/c1-7-34-41(76-45-37(57-62-52)24(2)38(69-26(4)64)36(74-45)21-53-58-48)43(71-28(6)66)46(72-34)77-42-39(70-27(5)65)32(55-60-50)20-33(56-61-51)40(42)75-44-31(54-59-49)18-19-35(73-44)25(3)63(22-29-14-10-8-11-15-29)47(67)68-23-30-16-12-9-13-17-30/h8-17,24-25,31-46H,7,18-23H2,1-6H3/t24-,25+,31-,32-,33+,34-,35+,36+,37-,38+,39+,40-,41-,42-,43-,44-,45-,46+/m1/s1. The Labute approximate surface area is 440 Å². The first-order chi connectivity index (χ1) is 37.1. The molecular formula is C47H60N16O14. The van der Waals surface area contributed by atoms with Crippen molar-refractivity contribution in [2.45, 2.75) is 184 Å². The van der Waals surface area contributed by atoms with E-state index in [0.29, 0.717) is 0 Å². The van der Waals surface area contributed by atoms with E-state index in [0.717, 1.165) is 25.0 Å². The van der Waals surface area contributed by atoms with Crippen molar-refractivity contribution in [1.82, 2.24) is 4.90 Å². The molecule has 18 atom stereocenters. The minimum absolute atomic E-state index is 0.0196. The molecule has 1 saturated carbocycles. The highest BCUT2D eigenvalue weighted by Gasteiger charge is 2.57. The topological polar surface area (TPSA) is 408 Å². The minimum atomic E-state index is -1.66. The lowest BCUT2D eigenvalue weighted by atomic mass is 9.83. The summed E-state index contributed by atoms with van der Waals surface area (Å²) in [6.07, 6.45) is -16.5. The lowest BCUT2D eigenvalue weighted by molar-refractivity contribution is -0.293. The zero-order valence-corrected chi connectivity index (χ0v) is 43.0. The molecule has 412 valence electrons. The highest BCUT2D eigenvalue weighted by Crippen LogP contribution is 2.41. The van der Waals surface area contributed by atoms with Gasteiger partial charge in [0, 0.05) is 57.8 Å². The van der Waals surface area contributed by atoms with Crippen LogP contribution < -0.4 is 0 Å². The molecule has 3 aliphatic heterocycles. The van der Waals surface area contributed by atoms with E-state index in [1.165, 1.54) is 11.8 Å². The van der Waals surface area contributed by atoms with E-state index in [1.54, 1.807) is 20.8 Å². The molecule has 0 bridgehead atoms. The molecule has 30 nitrogen and oxygen atoms in total. The molecule has 2 aromatic rings. The molecule has 77 heavy (non-hydrogen) atoms. The number of azide groups is 5. The summed E-state index contributed by atoms with van der Waals surface area (Å²) in [5.74, 6) is -3.19. The van der Waals surface area contributed by atoms with Gasteiger partial charge in [0.1, 0.15) is 37.1 Å². The lowest BCUT2D eigenvalue weighted by Crippen LogP contribution is -2.62. The number of carbonyl (C=O) groups is 4. The van der Waals surface area contributed by atoms with Crippen LogP contribution in [0.5, 0.6) is 0 Å². The monoisotopic (exact) mass is 1070 g/mol. The van der Waals surface area contributed by atoms with Crippen molar-refractivity contribution >= 4 is 24.0 Å². The van der Waals surface area contributed by atoms with Gasteiger partial charge in [-0.15, -0.1) is 0 Å². The average molecular weight is 1070 g/mol. The van der Waals surface area contributed by atoms with Crippen LogP contribution in [0.25, 0.3) is 52.2 Å². The maximum absolute atomic E-state index is 14.0. The van der Waals surface area contributed by atoms with E-state index in [1.807, 2.05) is 60.7 Å². The molecule has 30 heteroatoms. The van der Waals surface area contributed by atoms with Crippen LogP contribution in [-0.2, 0) is 74.9 Å². The molecule has 6 rings (SSSR count). The number of hydrogen-bond acceptors (Lipinski definition) is 19. The number of esters is 3. The highest BCUT2D eigenvalue weighted by atomic mass is 16.8. The van der Waals surface area contributed by atoms with E-state index in [9.17, 15) is 46.8 Å². The second kappa shape index (κ2) is 28.5. The van der Waals surface area contributed by atoms with Crippen LogP contribution >= 0.6 is 0 Å². The Morgan fingerprint density at radius 1 is 0.623 bits per heavy atom. The van der Waals surface area contributed by atoms with Crippen molar-refractivity contribution in [3.05, 3.63) is 124 Å². The third-order valence-electron chi connectivity index (χ3n) is 13.5. The van der Waals surface area contributed by atoms with Crippen LogP contribution in [0.3, 0.4) is 0 Å². The Balaban J connectivity index is 1.37. The molecule has 0 unspecified atom stereocenters. The van der Waals surface area contributed by atoms with Gasteiger partial charge in [0.25, 0.3) is 0 Å². The van der Waals surface area contributed by atoms with Crippen molar-refractivity contribution in [3.8, 4) is 0 Å². The Bertz CT molecular complexity index is 2600. The molecule has 2 aromatic carbocycles. The van der Waals surface area contributed by atoms with Crippen molar-refractivity contribution in [2.75, 3.05) is 6.54 Å². The predicted molar refractivity (Wildman–Crippen MR) is 264 cm³/mol. The zero-order valence-electron chi connectivity index (χ0n) is 43.0. The molecule has 0 radical (unpaired) electrons. The van der Waals surface area contributed by atoms with Gasteiger partial charge in [-0.1, -0.05) is 100 Å². The van der Waals surface area contributed by atoms with Gasteiger partial charge in [-0.25, -0.2) is 4.79 Å². The Hall–Kier alpha value is -7.57. The fourth-order valence-electron chi connectivity index (χ4n) is 9.93. The molecule has 3 saturated heterocycles. The summed E-state index contributed by atoms with van der Waals surface area (Å²) in [5, 5.41) is 19.4. The second-order valence-electron chi connectivity index (χ2n) is 18.6. The maximum atomic E-state index is 14.0. The molecule has 0 spiro atoms. The molecule has 0 aromatic heterocycles. The predicted octanol–water partition coefficient (Wildman–Crippen LogP) is 8.60. The highest BCUT2D eigenvalue weighted by molar-refractivity contribution is 5.68. The SMILES string of the molecule is CC[C@H]1O[C@@H](O[C@@H]2[C@@H](OC(C)=O)[C@H](N=[N+]=[N-])C[C@H](N=[N+]=[N-])[C@H]2O[C@H]2O[C@H]([C@H](C)N(Cc3ccccc3)C(=O)OCc3ccccc3)CC[C@H]2N=[N+]=[N-])[C@H](OC(C)=O)[C@@H]1O[C@H]1O[C@@H](CN=[N+]=[N-])[C@@H](OC(C)=O)[C@H](C)[C@H]1N=[N+]=[N-]. The van der Waals surface area contributed by atoms with Crippen molar-refractivity contribution < 1.29 is 66.5 Å². The van der Waals surface area contributed by atoms with Crippen LogP contribution in [0.4, 0.5) is 4.79 Å². The van der Waals surface area contributed by atoms with E-state index in [2.05, 4.69) is 50.1 Å². The number of ether oxygens (including phenoxy) is 10. The number of benzene rings is 2. The maximum Gasteiger partial charge on any atom is 0.410 e. The number of nitrogens with zero attached hydrogens (tertiary/aromatic N) is 16. The smallest absolute Gasteiger partial charge is 0.410 e. The Kier molecular flexibility index (Phi) is 21.7. The van der Waals surface area contributed by atoms with Gasteiger partial charge in [-0.3, -0.25) is 19.3 Å². The first kappa shape index (κ1) is 58.7. The molecule has 1 amide bonds. The van der Waals surface area contributed by atoms with E-state index in [4.69, 9.17) is 47.4 Å². The molecule has 4 fully saturated rings. The van der Waals surface area contributed by atoms with Crippen LogP contribution in [-0.4, -0.2) is 139 Å². The third-order valence-corrected chi connectivity index (χ3v) is 13.5. The summed E-state index contributed by atoms with van der Waals surface area (Å²) in [4.78, 5) is 68.5. The molecular weight excluding hydrogens is 1010 g/mol. The molecule has 4 aliphatic rings. The average Bonchev–Trinajstić information content (AvgIpc) is 3.79.